The van der Waals surface area contributed by atoms with Crippen molar-refractivity contribution in [3.63, 3.8) is 0 Å². The van der Waals surface area contributed by atoms with Crippen LogP contribution in [0.1, 0.15) is 41.6 Å². The molecular formula is C18H24N6O. The molecule has 1 saturated heterocycles. The Morgan fingerprint density at radius 3 is 2.76 bits per heavy atom. The van der Waals surface area contributed by atoms with Crippen molar-refractivity contribution in [1.29, 1.82) is 0 Å². The van der Waals surface area contributed by atoms with E-state index in [0.717, 1.165) is 24.6 Å². The molecule has 1 fully saturated rings. The smallest absolute Gasteiger partial charge is 0.259 e. The summed E-state index contributed by atoms with van der Waals surface area (Å²) in [4.78, 5) is 28.0. The molecule has 1 aliphatic rings. The Morgan fingerprint density at radius 2 is 2.08 bits per heavy atom. The molecule has 0 radical (unpaired) electrons. The summed E-state index contributed by atoms with van der Waals surface area (Å²) >= 11 is 0. The lowest BCUT2D eigenvalue weighted by atomic mass is 10.2. The number of nitrogens with one attached hydrogen (secondary N) is 2. The molecule has 2 aromatic heterocycles. The molecule has 0 bridgehead atoms. The van der Waals surface area contributed by atoms with Crippen molar-refractivity contribution >= 4 is 11.7 Å². The normalized spacial score (nSPS) is 14.6. The molecule has 2 aromatic rings. The van der Waals surface area contributed by atoms with Gasteiger partial charge in [-0.1, -0.05) is 19.9 Å². The minimum Gasteiger partial charge on any atom is -0.364 e. The van der Waals surface area contributed by atoms with Crippen LogP contribution in [0.4, 0.5) is 5.82 Å². The zero-order valence-electron chi connectivity index (χ0n) is 14.7. The summed E-state index contributed by atoms with van der Waals surface area (Å²) in [5.74, 6) is 1.47. The number of aromatic nitrogens is 3. The van der Waals surface area contributed by atoms with Gasteiger partial charge in [0.15, 0.2) is 0 Å². The van der Waals surface area contributed by atoms with Crippen LogP contribution in [0.15, 0.2) is 30.6 Å². The van der Waals surface area contributed by atoms with Gasteiger partial charge in [-0.25, -0.2) is 9.97 Å². The third-order valence-electron chi connectivity index (χ3n) is 4.12. The highest BCUT2D eigenvalue weighted by molar-refractivity contribution is 5.98. The first kappa shape index (κ1) is 17.3. The number of amides is 1. The van der Waals surface area contributed by atoms with Gasteiger partial charge in [-0.2, -0.15) is 0 Å². The van der Waals surface area contributed by atoms with Gasteiger partial charge < -0.3 is 15.5 Å². The van der Waals surface area contributed by atoms with E-state index in [1.54, 1.807) is 12.4 Å². The fourth-order valence-corrected chi connectivity index (χ4v) is 2.68. The lowest BCUT2D eigenvalue weighted by Crippen LogP contribution is -2.46. The van der Waals surface area contributed by atoms with E-state index in [0.29, 0.717) is 31.0 Å². The van der Waals surface area contributed by atoms with Crippen LogP contribution in [0.2, 0.25) is 0 Å². The number of carbonyl (C=O) groups is 1. The standard InChI is InChI=1S/C18H24N6O/c1-13(2)16-22-12-15(18(25)24-9-7-19-8-10-24)17(23-16)21-11-14-5-3-4-6-20-14/h3-6,12-13,19H,7-11H2,1-2H3,(H,21,22,23). The lowest BCUT2D eigenvalue weighted by Gasteiger charge is -2.28. The Bertz CT molecular complexity index is 713. The maximum Gasteiger partial charge on any atom is 0.259 e. The highest BCUT2D eigenvalue weighted by Gasteiger charge is 2.22. The molecule has 0 atom stereocenters. The van der Waals surface area contributed by atoms with Crippen molar-refractivity contribution in [2.75, 3.05) is 31.5 Å². The number of hydrogen-bond acceptors (Lipinski definition) is 6. The summed E-state index contributed by atoms with van der Waals surface area (Å²) in [6.07, 6.45) is 3.40. The van der Waals surface area contributed by atoms with E-state index in [9.17, 15) is 4.79 Å². The van der Waals surface area contributed by atoms with Gasteiger partial charge in [-0.05, 0) is 12.1 Å². The molecular weight excluding hydrogens is 316 g/mol. The fourth-order valence-electron chi connectivity index (χ4n) is 2.68. The highest BCUT2D eigenvalue weighted by atomic mass is 16.2. The van der Waals surface area contributed by atoms with Crippen LogP contribution < -0.4 is 10.6 Å². The number of pyridine rings is 1. The van der Waals surface area contributed by atoms with E-state index < -0.39 is 0 Å². The lowest BCUT2D eigenvalue weighted by molar-refractivity contribution is 0.0736. The zero-order chi connectivity index (χ0) is 17.6. The molecule has 132 valence electrons. The van der Waals surface area contributed by atoms with Crippen LogP contribution >= 0.6 is 0 Å². The summed E-state index contributed by atoms with van der Waals surface area (Å²) in [5.41, 5.74) is 1.41. The monoisotopic (exact) mass is 340 g/mol. The van der Waals surface area contributed by atoms with Crippen molar-refractivity contribution in [1.82, 2.24) is 25.2 Å². The topological polar surface area (TPSA) is 83.0 Å². The molecule has 25 heavy (non-hydrogen) atoms. The van der Waals surface area contributed by atoms with Gasteiger partial charge in [0.25, 0.3) is 5.91 Å². The molecule has 0 unspecified atom stereocenters. The van der Waals surface area contributed by atoms with Crippen LogP contribution in [-0.4, -0.2) is 51.9 Å². The van der Waals surface area contributed by atoms with Crippen LogP contribution in [-0.2, 0) is 6.54 Å². The molecule has 0 saturated carbocycles. The molecule has 0 aromatic carbocycles. The summed E-state index contributed by atoms with van der Waals surface area (Å²) in [6.45, 7) is 7.61. The first-order valence-corrected chi connectivity index (χ1v) is 8.66. The quantitative estimate of drug-likeness (QED) is 0.861. The Balaban J connectivity index is 1.84. The first-order valence-electron chi connectivity index (χ1n) is 8.66. The minimum atomic E-state index is -0.0275. The van der Waals surface area contributed by atoms with E-state index in [2.05, 4.69) is 25.6 Å². The fraction of sp³-hybridized carbons (Fsp3) is 0.444. The third-order valence-corrected chi connectivity index (χ3v) is 4.12. The number of hydrogen-bond donors (Lipinski definition) is 2. The summed E-state index contributed by atoms with van der Waals surface area (Å²) in [6, 6.07) is 5.76. The molecule has 0 aliphatic carbocycles. The van der Waals surface area contributed by atoms with E-state index in [4.69, 9.17) is 0 Å². The second-order valence-corrected chi connectivity index (χ2v) is 6.36. The largest absolute Gasteiger partial charge is 0.364 e. The van der Waals surface area contributed by atoms with Crippen LogP contribution in [0.25, 0.3) is 0 Å². The van der Waals surface area contributed by atoms with Crippen LogP contribution in [0.3, 0.4) is 0 Å². The van der Waals surface area contributed by atoms with Crippen molar-refractivity contribution in [3.8, 4) is 0 Å². The molecule has 0 spiro atoms. The number of carbonyl (C=O) groups excluding carboxylic acids is 1. The summed E-state index contributed by atoms with van der Waals surface area (Å²) in [7, 11) is 0. The predicted molar refractivity (Wildman–Crippen MR) is 96.5 cm³/mol. The Morgan fingerprint density at radius 1 is 1.28 bits per heavy atom. The Labute approximate surface area is 147 Å². The number of rotatable bonds is 5. The second kappa shape index (κ2) is 8.02. The molecule has 1 aliphatic heterocycles. The SMILES string of the molecule is CC(C)c1ncc(C(=O)N2CCNCC2)c(NCc2ccccn2)n1. The summed E-state index contributed by atoms with van der Waals surface area (Å²) < 4.78 is 0. The molecule has 2 N–H and O–H groups in total. The van der Waals surface area contributed by atoms with Crippen molar-refractivity contribution in [3.05, 3.63) is 47.7 Å². The number of nitrogens with zero attached hydrogens (tertiary/aromatic N) is 4. The first-order chi connectivity index (χ1) is 12.1. The summed E-state index contributed by atoms with van der Waals surface area (Å²) in [5, 5.41) is 6.53. The van der Waals surface area contributed by atoms with Gasteiger partial charge in [0.2, 0.25) is 0 Å². The maximum atomic E-state index is 12.9. The zero-order valence-corrected chi connectivity index (χ0v) is 14.7. The van der Waals surface area contributed by atoms with Crippen molar-refractivity contribution < 1.29 is 4.79 Å². The van der Waals surface area contributed by atoms with E-state index >= 15 is 0 Å². The van der Waals surface area contributed by atoms with Gasteiger partial charge in [-0.15, -0.1) is 0 Å². The maximum absolute atomic E-state index is 12.9. The highest BCUT2D eigenvalue weighted by Crippen LogP contribution is 2.19. The third kappa shape index (κ3) is 4.30. The average Bonchev–Trinajstić information content (AvgIpc) is 2.67. The van der Waals surface area contributed by atoms with Gasteiger partial charge in [-0.3, -0.25) is 9.78 Å². The molecule has 3 rings (SSSR count). The Hall–Kier alpha value is -2.54. The van der Waals surface area contributed by atoms with Gasteiger partial charge >= 0.3 is 0 Å². The number of piperazine rings is 1. The molecule has 1 amide bonds. The van der Waals surface area contributed by atoms with Gasteiger partial charge in [0, 0.05) is 44.5 Å². The second-order valence-electron chi connectivity index (χ2n) is 6.36. The predicted octanol–water partition coefficient (Wildman–Crippen LogP) is 1.65. The molecule has 3 heterocycles. The van der Waals surface area contributed by atoms with Crippen molar-refractivity contribution in [2.45, 2.75) is 26.3 Å². The van der Waals surface area contributed by atoms with E-state index in [-0.39, 0.29) is 11.8 Å². The molecule has 7 heteroatoms. The van der Waals surface area contributed by atoms with Gasteiger partial charge in [0.05, 0.1) is 12.2 Å². The average molecular weight is 340 g/mol. The van der Waals surface area contributed by atoms with Crippen molar-refractivity contribution in [2.24, 2.45) is 0 Å². The Kier molecular flexibility index (Phi) is 5.55. The minimum absolute atomic E-state index is 0.0275. The van der Waals surface area contributed by atoms with E-state index in [1.807, 2.05) is 36.9 Å². The van der Waals surface area contributed by atoms with Crippen LogP contribution in [0, 0.1) is 0 Å². The molecule has 7 nitrogen and oxygen atoms in total. The number of anilines is 1. The van der Waals surface area contributed by atoms with Gasteiger partial charge in [0.1, 0.15) is 17.2 Å². The van der Waals surface area contributed by atoms with E-state index in [1.165, 1.54) is 0 Å². The van der Waals surface area contributed by atoms with Crippen LogP contribution in [0.5, 0.6) is 0 Å².